The van der Waals surface area contributed by atoms with Gasteiger partial charge in [0.2, 0.25) is 0 Å². The van der Waals surface area contributed by atoms with Crippen molar-refractivity contribution >= 4 is 0 Å². The average molecular weight is 317 g/mol. The van der Waals surface area contributed by atoms with Crippen molar-refractivity contribution in [2.24, 2.45) is 7.05 Å². The second-order valence-electron chi connectivity index (χ2n) is 6.51. The molecule has 124 valence electrons. The number of nitrogens with zero attached hydrogens (tertiary/aromatic N) is 5. The van der Waals surface area contributed by atoms with Crippen LogP contribution in [-0.2, 0) is 18.3 Å². The second kappa shape index (κ2) is 6.64. The van der Waals surface area contributed by atoms with Crippen LogP contribution in [0.3, 0.4) is 0 Å². The standard InChI is InChI=1S/C16H23N5O2/c1-16(2)12-21(10-15-17-18-19-20(15)3)9-14(23-16)11-22-13-7-5-4-6-8-13/h4-8,14H,9-12H2,1-3H3/t14-/m0/s1. The smallest absolute Gasteiger partial charge is 0.164 e. The molecule has 0 radical (unpaired) electrons. The van der Waals surface area contributed by atoms with Crippen LogP contribution < -0.4 is 4.74 Å². The molecule has 0 saturated carbocycles. The van der Waals surface area contributed by atoms with Gasteiger partial charge in [0.05, 0.1) is 12.1 Å². The van der Waals surface area contributed by atoms with Gasteiger partial charge in [0, 0.05) is 20.1 Å². The van der Waals surface area contributed by atoms with E-state index in [0.717, 1.165) is 24.7 Å². The third kappa shape index (κ3) is 4.27. The normalized spacial score (nSPS) is 21.3. The molecule has 0 aliphatic carbocycles. The van der Waals surface area contributed by atoms with Gasteiger partial charge < -0.3 is 9.47 Å². The SMILES string of the molecule is Cn1nnnc1CN1C[C@@H](COc2ccccc2)OC(C)(C)C1. The molecule has 1 aromatic heterocycles. The summed E-state index contributed by atoms with van der Waals surface area (Å²) in [6.07, 6.45) is 0.0140. The van der Waals surface area contributed by atoms with Crippen LogP contribution in [0, 0.1) is 0 Å². The van der Waals surface area contributed by atoms with Gasteiger partial charge in [-0.15, -0.1) is 5.10 Å². The van der Waals surface area contributed by atoms with Gasteiger partial charge in [-0.05, 0) is 36.4 Å². The van der Waals surface area contributed by atoms with Crippen molar-refractivity contribution in [3.05, 3.63) is 36.2 Å². The molecule has 0 unspecified atom stereocenters. The van der Waals surface area contributed by atoms with Gasteiger partial charge >= 0.3 is 0 Å². The van der Waals surface area contributed by atoms with Crippen molar-refractivity contribution in [3.8, 4) is 5.75 Å². The highest BCUT2D eigenvalue weighted by molar-refractivity contribution is 5.20. The molecule has 2 heterocycles. The number of morpholine rings is 1. The Labute approximate surface area is 136 Å². The maximum absolute atomic E-state index is 6.15. The van der Waals surface area contributed by atoms with Gasteiger partial charge in [0.25, 0.3) is 0 Å². The van der Waals surface area contributed by atoms with E-state index in [4.69, 9.17) is 9.47 Å². The van der Waals surface area contributed by atoms with E-state index in [-0.39, 0.29) is 11.7 Å². The lowest BCUT2D eigenvalue weighted by atomic mass is 10.1. The number of hydrogen-bond donors (Lipinski definition) is 0. The maximum atomic E-state index is 6.15. The van der Waals surface area contributed by atoms with Gasteiger partial charge in [-0.25, -0.2) is 4.68 Å². The first kappa shape index (κ1) is 15.9. The zero-order chi connectivity index (χ0) is 16.3. The van der Waals surface area contributed by atoms with Crippen LogP contribution in [0.5, 0.6) is 5.75 Å². The molecule has 2 aromatic rings. The fourth-order valence-electron chi connectivity index (χ4n) is 2.91. The summed E-state index contributed by atoms with van der Waals surface area (Å²) in [6, 6.07) is 9.82. The third-order valence-electron chi connectivity index (χ3n) is 3.80. The highest BCUT2D eigenvalue weighted by Crippen LogP contribution is 2.23. The summed E-state index contributed by atoms with van der Waals surface area (Å²) in [6.45, 7) is 7.07. The van der Waals surface area contributed by atoms with Crippen LogP contribution in [0.2, 0.25) is 0 Å². The average Bonchev–Trinajstić information content (AvgIpc) is 2.90. The fraction of sp³-hybridized carbons (Fsp3) is 0.562. The molecule has 1 aliphatic heterocycles. The van der Waals surface area contributed by atoms with Crippen molar-refractivity contribution in [2.45, 2.75) is 32.1 Å². The van der Waals surface area contributed by atoms with E-state index in [1.165, 1.54) is 0 Å². The lowest BCUT2D eigenvalue weighted by Gasteiger charge is -2.42. The van der Waals surface area contributed by atoms with Crippen LogP contribution in [0.25, 0.3) is 0 Å². The molecule has 1 atom stereocenters. The molecule has 0 N–H and O–H groups in total. The molecule has 1 fully saturated rings. The molecule has 1 aliphatic rings. The van der Waals surface area contributed by atoms with Crippen molar-refractivity contribution < 1.29 is 9.47 Å². The minimum absolute atomic E-state index is 0.0140. The van der Waals surface area contributed by atoms with Gasteiger partial charge in [0.15, 0.2) is 5.82 Å². The van der Waals surface area contributed by atoms with Gasteiger partial charge in [0.1, 0.15) is 18.5 Å². The molecule has 0 spiro atoms. The highest BCUT2D eigenvalue weighted by Gasteiger charge is 2.34. The molecule has 0 bridgehead atoms. The third-order valence-corrected chi connectivity index (χ3v) is 3.80. The van der Waals surface area contributed by atoms with E-state index >= 15 is 0 Å². The quantitative estimate of drug-likeness (QED) is 0.827. The first-order valence-electron chi connectivity index (χ1n) is 7.81. The van der Waals surface area contributed by atoms with Crippen LogP contribution >= 0.6 is 0 Å². The minimum Gasteiger partial charge on any atom is -0.491 e. The predicted octanol–water partition coefficient (Wildman–Crippen LogP) is 1.27. The Bertz CT molecular complexity index is 628. The summed E-state index contributed by atoms with van der Waals surface area (Å²) >= 11 is 0. The summed E-state index contributed by atoms with van der Waals surface area (Å²) < 4.78 is 13.7. The van der Waals surface area contributed by atoms with Crippen molar-refractivity contribution in [1.29, 1.82) is 0 Å². The number of para-hydroxylation sites is 1. The monoisotopic (exact) mass is 317 g/mol. The fourth-order valence-corrected chi connectivity index (χ4v) is 2.91. The molecule has 7 nitrogen and oxygen atoms in total. The van der Waals surface area contributed by atoms with E-state index in [1.807, 2.05) is 37.4 Å². The molecule has 1 aromatic carbocycles. The van der Waals surface area contributed by atoms with E-state index in [1.54, 1.807) is 4.68 Å². The zero-order valence-electron chi connectivity index (χ0n) is 13.8. The van der Waals surface area contributed by atoms with Crippen molar-refractivity contribution in [2.75, 3.05) is 19.7 Å². The zero-order valence-corrected chi connectivity index (χ0v) is 13.8. The van der Waals surface area contributed by atoms with Gasteiger partial charge in [-0.1, -0.05) is 18.2 Å². The largest absolute Gasteiger partial charge is 0.491 e. The van der Waals surface area contributed by atoms with E-state index < -0.39 is 0 Å². The number of tetrazole rings is 1. The minimum atomic E-state index is -0.227. The van der Waals surface area contributed by atoms with Crippen LogP contribution in [0.15, 0.2) is 30.3 Å². The number of hydrogen-bond acceptors (Lipinski definition) is 6. The molecular formula is C16H23N5O2. The van der Waals surface area contributed by atoms with Crippen molar-refractivity contribution in [1.82, 2.24) is 25.1 Å². The van der Waals surface area contributed by atoms with Crippen LogP contribution in [-0.4, -0.2) is 56.5 Å². The van der Waals surface area contributed by atoms with Crippen molar-refractivity contribution in [3.63, 3.8) is 0 Å². The second-order valence-corrected chi connectivity index (χ2v) is 6.51. The lowest BCUT2D eigenvalue weighted by molar-refractivity contribution is -0.148. The molecular weight excluding hydrogens is 294 g/mol. The Morgan fingerprint density at radius 3 is 2.78 bits per heavy atom. The Hall–Kier alpha value is -1.99. The molecule has 0 amide bonds. The van der Waals surface area contributed by atoms with E-state index in [9.17, 15) is 0 Å². The summed E-state index contributed by atoms with van der Waals surface area (Å²) in [5.41, 5.74) is -0.227. The van der Waals surface area contributed by atoms with Crippen LogP contribution in [0.4, 0.5) is 0 Å². The summed E-state index contributed by atoms with van der Waals surface area (Å²) in [5.74, 6) is 1.72. The maximum Gasteiger partial charge on any atom is 0.164 e. The molecule has 7 heteroatoms. The topological polar surface area (TPSA) is 65.3 Å². The Balaban J connectivity index is 1.61. The number of aryl methyl sites for hydroxylation is 1. The number of benzene rings is 1. The highest BCUT2D eigenvalue weighted by atomic mass is 16.5. The number of aromatic nitrogens is 4. The number of ether oxygens (including phenoxy) is 2. The lowest BCUT2D eigenvalue weighted by Crippen LogP contribution is -2.54. The molecule has 1 saturated heterocycles. The first-order valence-corrected chi connectivity index (χ1v) is 7.81. The summed E-state index contributed by atoms with van der Waals surface area (Å²) in [4.78, 5) is 2.31. The number of rotatable bonds is 5. The molecule has 23 heavy (non-hydrogen) atoms. The Morgan fingerprint density at radius 1 is 1.30 bits per heavy atom. The summed E-state index contributed by atoms with van der Waals surface area (Å²) in [5, 5.41) is 11.6. The van der Waals surface area contributed by atoms with E-state index in [0.29, 0.717) is 13.2 Å². The van der Waals surface area contributed by atoms with Gasteiger partial charge in [-0.3, -0.25) is 4.90 Å². The van der Waals surface area contributed by atoms with Crippen LogP contribution in [0.1, 0.15) is 19.7 Å². The van der Waals surface area contributed by atoms with Gasteiger partial charge in [-0.2, -0.15) is 0 Å². The molecule has 3 rings (SSSR count). The Kier molecular flexibility index (Phi) is 4.58. The Morgan fingerprint density at radius 2 is 2.09 bits per heavy atom. The van der Waals surface area contributed by atoms with E-state index in [2.05, 4.69) is 34.3 Å². The summed E-state index contributed by atoms with van der Waals surface area (Å²) in [7, 11) is 1.86. The predicted molar refractivity (Wildman–Crippen MR) is 85.0 cm³/mol. The first-order chi connectivity index (χ1) is 11.0.